The van der Waals surface area contributed by atoms with Crippen molar-refractivity contribution in [3.63, 3.8) is 0 Å². The minimum atomic E-state index is 0.678. The van der Waals surface area contributed by atoms with Gasteiger partial charge in [0.25, 0.3) is 0 Å². The maximum atomic E-state index is 5.90. The molecule has 0 spiro atoms. The molecule has 1 aromatic rings. The molecule has 1 aromatic heterocycles. The fourth-order valence-electron chi connectivity index (χ4n) is 3.11. The van der Waals surface area contributed by atoms with Crippen molar-refractivity contribution < 1.29 is 0 Å². The second kappa shape index (κ2) is 3.40. The molecule has 0 bridgehead atoms. The monoisotopic (exact) mass is 203 g/mol. The van der Waals surface area contributed by atoms with Crippen LogP contribution in [0.3, 0.4) is 0 Å². The van der Waals surface area contributed by atoms with E-state index < -0.39 is 0 Å². The van der Waals surface area contributed by atoms with Crippen LogP contribution in [0.5, 0.6) is 0 Å². The van der Waals surface area contributed by atoms with Crippen molar-refractivity contribution in [1.29, 1.82) is 0 Å². The van der Waals surface area contributed by atoms with Gasteiger partial charge >= 0.3 is 0 Å². The van der Waals surface area contributed by atoms with Crippen LogP contribution in [-0.4, -0.2) is 18.1 Å². The highest BCUT2D eigenvalue weighted by atomic mass is 15.2. The molecular weight excluding hydrogens is 186 g/mol. The quantitative estimate of drug-likeness (QED) is 0.758. The summed E-state index contributed by atoms with van der Waals surface area (Å²) in [6, 6.07) is 4.06. The average Bonchev–Trinajstić information content (AvgIpc) is 2.77. The summed E-state index contributed by atoms with van der Waals surface area (Å²) in [6.07, 6.45) is 5.99. The molecule has 1 aliphatic heterocycles. The van der Waals surface area contributed by atoms with Gasteiger partial charge < -0.3 is 10.6 Å². The van der Waals surface area contributed by atoms with Gasteiger partial charge in [-0.15, -0.1) is 0 Å². The molecule has 0 amide bonds. The first-order valence-corrected chi connectivity index (χ1v) is 5.80. The molecule has 3 heteroatoms. The third-order valence-corrected chi connectivity index (χ3v) is 3.88. The molecule has 2 fully saturated rings. The number of aromatic nitrogens is 1. The number of rotatable bonds is 1. The van der Waals surface area contributed by atoms with Gasteiger partial charge in [0, 0.05) is 19.3 Å². The Morgan fingerprint density at radius 2 is 2.00 bits per heavy atom. The Hall–Kier alpha value is -1.25. The van der Waals surface area contributed by atoms with Crippen LogP contribution < -0.4 is 10.6 Å². The Labute approximate surface area is 90.3 Å². The number of fused-ring (bicyclic) bond motifs is 1. The highest BCUT2D eigenvalue weighted by molar-refractivity contribution is 5.63. The Kier molecular flexibility index (Phi) is 2.04. The Morgan fingerprint density at radius 3 is 2.67 bits per heavy atom. The van der Waals surface area contributed by atoms with E-state index in [-0.39, 0.29) is 0 Å². The summed E-state index contributed by atoms with van der Waals surface area (Å²) >= 11 is 0. The van der Waals surface area contributed by atoms with Crippen molar-refractivity contribution in [3.05, 3.63) is 18.3 Å². The van der Waals surface area contributed by atoms with Gasteiger partial charge in [-0.25, -0.2) is 4.98 Å². The van der Waals surface area contributed by atoms with Crippen molar-refractivity contribution in [2.75, 3.05) is 23.7 Å². The molecule has 1 saturated heterocycles. The van der Waals surface area contributed by atoms with Crippen molar-refractivity contribution in [1.82, 2.24) is 4.98 Å². The summed E-state index contributed by atoms with van der Waals surface area (Å²) in [5.74, 6) is 2.49. The zero-order valence-electron chi connectivity index (χ0n) is 8.89. The van der Waals surface area contributed by atoms with Crippen molar-refractivity contribution in [3.8, 4) is 0 Å². The topological polar surface area (TPSA) is 42.1 Å². The third-order valence-electron chi connectivity index (χ3n) is 3.88. The van der Waals surface area contributed by atoms with Crippen LogP contribution in [0.15, 0.2) is 18.3 Å². The third kappa shape index (κ3) is 1.46. The van der Waals surface area contributed by atoms with E-state index in [0.717, 1.165) is 17.5 Å². The molecule has 1 saturated carbocycles. The second-order valence-electron chi connectivity index (χ2n) is 4.76. The maximum absolute atomic E-state index is 5.90. The van der Waals surface area contributed by atoms with E-state index in [4.69, 9.17) is 5.73 Å². The fraction of sp³-hybridized carbons (Fsp3) is 0.583. The lowest BCUT2D eigenvalue weighted by atomic mass is 10.0. The molecule has 3 nitrogen and oxygen atoms in total. The standard InChI is InChI=1S/C12H17N3/c13-12-11(5-2-6-14-12)15-7-9-3-1-4-10(9)8-15/h2,5-6,9-10H,1,3-4,7-8H2,(H2,13,14). The van der Waals surface area contributed by atoms with Crippen LogP contribution in [0.25, 0.3) is 0 Å². The average molecular weight is 203 g/mol. The molecule has 80 valence electrons. The lowest BCUT2D eigenvalue weighted by Crippen LogP contribution is -2.22. The summed E-state index contributed by atoms with van der Waals surface area (Å²) in [5.41, 5.74) is 7.03. The number of nitrogen functional groups attached to an aromatic ring is 1. The summed E-state index contributed by atoms with van der Waals surface area (Å²) < 4.78 is 0. The first-order chi connectivity index (χ1) is 7.34. The van der Waals surface area contributed by atoms with Gasteiger partial charge in [-0.3, -0.25) is 0 Å². The molecule has 2 unspecified atom stereocenters. The summed E-state index contributed by atoms with van der Waals surface area (Å²) in [5, 5.41) is 0. The van der Waals surface area contributed by atoms with E-state index in [9.17, 15) is 0 Å². The number of hydrogen-bond acceptors (Lipinski definition) is 3. The van der Waals surface area contributed by atoms with Gasteiger partial charge in [-0.1, -0.05) is 6.42 Å². The SMILES string of the molecule is Nc1ncccc1N1CC2CCCC2C1. The number of nitrogens with zero attached hydrogens (tertiary/aromatic N) is 2. The van der Waals surface area contributed by atoms with Gasteiger partial charge in [0.05, 0.1) is 5.69 Å². The van der Waals surface area contributed by atoms with Crippen LogP contribution in [0.2, 0.25) is 0 Å². The highest BCUT2D eigenvalue weighted by Crippen LogP contribution is 2.40. The van der Waals surface area contributed by atoms with Gasteiger partial charge in [0.1, 0.15) is 5.82 Å². The first kappa shape index (κ1) is 9.01. The largest absolute Gasteiger partial charge is 0.382 e. The molecule has 1 aliphatic carbocycles. The van der Waals surface area contributed by atoms with Gasteiger partial charge in [-0.05, 0) is 36.8 Å². The minimum Gasteiger partial charge on any atom is -0.382 e. The van der Waals surface area contributed by atoms with E-state index >= 15 is 0 Å². The Balaban J connectivity index is 1.82. The Bertz CT molecular complexity index is 352. The molecule has 15 heavy (non-hydrogen) atoms. The maximum Gasteiger partial charge on any atom is 0.146 e. The normalized spacial score (nSPS) is 29.5. The Morgan fingerprint density at radius 1 is 1.27 bits per heavy atom. The van der Waals surface area contributed by atoms with E-state index in [1.54, 1.807) is 6.20 Å². The van der Waals surface area contributed by atoms with Gasteiger partial charge in [0.2, 0.25) is 0 Å². The zero-order chi connectivity index (χ0) is 10.3. The van der Waals surface area contributed by atoms with E-state index in [0.29, 0.717) is 5.82 Å². The summed E-state index contributed by atoms with van der Waals surface area (Å²) in [7, 11) is 0. The highest BCUT2D eigenvalue weighted by Gasteiger charge is 2.36. The van der Waals surface area contributed by atoms with Gasteiger partial charge in [0.15, 0.2) is 0 Å². The number of pyridine rings is 1. The number of nitrogens with two attached hydrogens (primary N) is 1. The summed E-state index contributed by atoms with van der Waals surface area (Å²) in [4.78, 5) is 6.57. The van der Waals surface area contributed by atoms with Crippen LogP contribution in [-0.2, 0) is 0 Å². The molecule has 2 aliphatic rings. The minimum absolute atomic E-state index is 0.678. The fourth-order valence-corrected chi connectivity index (χ4v) is 3.11. The summed E-state index contributed by atoms with van der Waals surface area (Å²) in [6.45, 7) is 2.36. The molecule has 3 rings (SSSR count). The van der Waals surface area contributed by atoms with Crippen molar-refractivity contribution >= 4 is 11.5 Å². The molecule has 2 N–H and O–H groups in total. The molecule has 2 atom stereocenters. The smallest absolute Gasteiger partial charge is 0.146 e. The second-order valence-corrected chi connectivity index (χ2v) is 4.76. The zero-order valence-corrected chi connectivity index (χ0v) is 8.89. The molecule has 2 heterocycles. The van der Waals surface area contributed by atoms with Crippen LogP contribution in [0.4, 0.5) is 11.5 Å². The number of hydrogen-bond donors (Lipinski definition) is 1. The molecular formula is C12H17N3. The predicted octanol–water partition coefficient (Wildman–Crippen LogP) is 1.90. The van der Waals surface area contributed by atoms with Crippen molar-refractivity contribution in [2.24, 2.45) is 11.8 Å². The van der Waals surface area contributed by atoms with E-state index in [1.165, 1.54) is 32.4 Å². The first-order valence-electron chi connectivity index (χ1n) is 5.80. The van der Waals surface area contributed by atoms with Gasteiger partial charge in [-0.2, -0.15) is 0 Å². The predicted molar refractivity (Wildman–Crippen MR) is 61.7 cm³/mol. The van der Waals surface area contributed by atoms with Crippen LogP contribution >= 0.6 is 0 Å². The lowest BCUT2D eigenvalue weighted by Gasteiger charge is -2.20. The molecule has 0 radical (unpaired) electrons. The van der Waals surface area contributed by atoms with Crippen LogP contribution in [0.1, 0.15) is 19.3 Å². The van der Waals surface area contributed by atoms with E-state index in [1.807, 2.05) is 6.07 Å². The van der Waals surface area contributed by atoms with E-state index in [2.05, 4.69) is 16.0 Å². The number of anilines is 2. The lowest BCUT2D eigenvalue weighted by molar-refractivity contribution is 0.494. The van der Waals surface area contributed by atoms with Crippen LogP contribution in [0, 0.1) is 11.8 Å². The molecule has 0 aromatic carbocycles. The van der Waals surface area contributed by atoms with Crippen molar-refractivity contribution in [2.45, 2.75) is 19.3 Å².